The van der Waals surface area contributed by atoms with E-state index in [4.69, 9.17) is 4.74 Å². The standard InChI is InChI=1S/C18H19F2N3O2S/c19-12-1-7-16(8-2-12)26-11-17(24)23-14-3-5-15(6-4-14)25-18-21-9-13(20)10-22-18/h1-2,7-10,14-15H,3-6,11H2,(H,23,24). The summed E-state index contributed by atoms with van der Waals surface area (Å²) in [6.45, 7) is 0. The molecule has 1 aromatic carbocycles. The summed E-state index contributed by atoms with van der Waals surface area (Å²) < 4.78 is 31.3. The van der Waals surface area contributed by atoms with Gasteiger partial charge in [0.1, 0.15) is 11.9 Å². The highest BCUT2D eigenvalue weighted by Crippen LogP contribution is 2.23. The van der Waals surface area contributed by atoms with Crippen molar-refractivity contribution in [2.75, 3.05) is 5.75 Å². The molecule has 138 valence electrons. The first kappa shape index (κ1) is 18.6. The number of thioether (sulfide) groups is 1. The molecule has 2 aromatic rings. The maximum atomic E-state index is 12.9. The second-order valence-electron chi connectivity index (χ2n) is 6.09. The Bertz CT molecular complexity index is 720. The number of halogens is 2. The number of rotatable bonds is 6. The molecule has 1 N–H and O–H groups in total. The van der Waals surface area contributed by atoms with Crippen molar-refractivity contribution in [1.82, 2.24) is 15.3 Å². The van der Waals surface area contributed by atoms with E-state index in [2.05, 4.69) is 15.3 Å². The van der Waals surface area contributed by atoms with Gasteiger partial charge in [0.15, 0.2) is 5.82 Å². The molecule has 5 nitrogen and oxygen atoms in total. The summed E-state index contributed by atoms with van der Waals surface area (Å²) in [7, 11) is 0. The number of benzene rings is 1. The van der Waals surface area contributed by atoms with Gasteiger partial charge in [-0.05, 0) is 49.9 Å². The largest absolute Gasteiger partial charge is 0.460 e. The molecule has 0 radical (unpaired) electrons. The van der Waals surface area contributed by atoms with E-state index in [9.17, 15) is 13.6 Å². The normalized spacial score (nSPS) is 19.8. The third-order valence-corrected chi connectivity index (χ3v) is 5.10. The van der Waals surface area contributed by atoms with Crippen molar-refractivity contribution in [2.24, 2.45) is 0 Å². The minimum Gasteiger partial charge on any atom is -0.460 e. The Morgan fingerprint density at radius 1 is 1.08 bits per heavy atom. The predicted octanol–water partition coefficient (Wildman–Crippen LogP) is 3.35. The van der Waals surface area contributed by atoms with E-state index in [0.717, 1.165) is 43.0 Å². The zero-order valence-electron chi connectivity index (χ0n) is 14.0. The SMILES string of the molecule is O=C(CSc1ccc(F)cc1)NC1CCC(Oc2ncc(F)cn2)CC1. The lowest BCUT2D eigenvalue weighted by atomic mass is 9.93. The molecule has 1 saturated carbocycles. The second kappa shape index (κ2) is 8.93. The number of amides is 1. The quantitative estimate of drug-likeness (QED) is 0.780. The van der Waals surface area contributed by atoms with E-state index >= 15 is 0 Å². The Kier molecular flexibility index (Phi) is 6.38. The highest BCUT2D eigenvalue weighted by molar-refractivity contribution is 8.00. The molecule has 1 aliphatic rings. The van der Waals surface area contributed by atoms with Gasteiger partial charge in [0, 0.05) is 10.9 Å². The first-order valence-corrected chi connectivity index (χ1v) is 9.39. The van der Waals surface area contributed by atoms with E-state index in [1.54, 1.807) is 12.1 Å². The molecular weight excluding hydrogens is 360 g/mol. The number of ether oxygens (including phenoxy) is 1. The molecule has 3 rings (SSSR count). The predicted molar refractivity (Wildman–Crippen MR) is 93.9 cm³/mol. The summed E-state index contributed by atoms with van der Waals surface area (Å²) in [5, 5.41) is 3.02. The second-order valence-corrected chi connectivity index (χ2v) is 7.13. The lowest BCUT2D eigenvalue weighted by Crippen LogP contribution is -2.40. The zero-order valence-corrected chi connectivity index (χ0v) is 14.8. The van der Waals surface area contributed by atoms with Crippen LogP contribution in [0, 0.1) is 11.6 Å². The summed E-state index contributed by atoms with van der Waals surface area (Å²) in [6.07, 6.45) is 5.28. The third-order valence-electron chi connectivity index (χ3n) is 4.09. The molecule has 0 unspecified atom stereocenters. The average molecular weight is 379 g/mol. The number of hydrogen-bond acceptors (Lipinski definition) is 5. The van der Waals surface area contributed by atoms with Crippen LogP contribution in [0.15, 0.2) is 41.6 Å². The summed E-state index contributed by atoms with van der Waals surface area (Å²) >= 11 is 1.38. The van der Waals surface area contributed by atoms with Crippen molar-refractivity contribution < 1.29 is 18.3 Å². The molecule has 1 aliphatic carbocycles. The van der Waals surface area contributed by atoms with Crippen molar-refractivity contribution in [2.45, 2.75) is 42.7 Å². The van der Waals surface area contributed by atoms with E-state index in [0.29, 0.717) is 5.75 Å². The van der Waals surface area contributed by atoms with Crippen molar-refractivity contribution in [3.8, 4) is 6.01 Å². The van der Waals surface area contributed by atoms with Crippen LogP contribution in [0.3, 0.4) is 0 Å². The Balaban J connectivity index is 1.37. The van der Waals surface area contributed by atoms with E-state index in [-0.39, 0.29) is 29.9 Å². The van der Waals surface area contributed by atoms with Crippen LogP contribution in [0.2, 0.25) is 0 Å². The van der Waals surface area contributed by atoms with Gasteiger partial charge in [0.2, 0.25) is 5.91 Å². The van der Waals surface area contributed by atoms with Crippen LogP contribution in [-0.2, 0) is 4.79 Å². The van der Waals surface area contributed by atoms with Crippen LogP contribution >= 0.6 is 11.8 Å². The van der Waals surface area contributed by atoms with Gasteiger partial charge in [0.25, 0.3) is 0 Å². The highest BCUT2D eigenvalue weighted by Gasteiger charge is 2.24. The fourth-order valence-electron chi connectivity index (χ4n) is 2.78. The minimum absolute atomic E-state index is 0.0257. The van der Waals surface area contributed by atoms with E-state index < -0.39 is 5.82 Å². The highest BCUT2D eigenvalue weighted by atomic mass is 32.2. The fourth-order valence-corrected chi connectivity index (χ4v) is 3.49. The molecule has 1 heterocycles. The van der Waals surface area contributed by atoms with E-state index in [1.807, 2.05) is 0 Å². The molecule has 1 aromatic heterocycles. The maximum absolute atomic E-state index is 12.9. The summed E-state index contributed by atoms with van der Waals surface area (Å²) in [6, 6.07) is 6.37. The van der Waals surface area contributed by atoms with Crippen LogP contribution in [0.5, 0.6) is 6.01 Å². The zero-order chi connectivity index (χ0) is 18.4. The Labute approximate surface area is 154 Å². The Hall–Kier alpha value is -2.22. The molecule has 0 atom stereocenters. The monoisotopic (exact) mass is 379 g/mol. The van der Waals surface area contributed by atoms with Crippen molar-refractivity contribution >= 4 is 17.7 Å². The van der Waals surface area contributed by atoms with Gasteiger partial charge in [-0.2, -0.15) is 0 Å². The molecule has 0 spiro atoms. The van der Waals surface area contributed by atoms with Crippen molar-refractivity contribution in [3.05, 3.63) is 48.3 Å². The number of carbonyl (C=O) groups is 1. The van der Waals surface area contributed by atoms with Gasteiger partial charge >= 0.3 is 6.01 Å². The number of aromatic nitrogens is 2. The number of nitrogens with zero attached hydrogens (tertiary/aromatic N) is 2. The molecular formula is C18H19F2N3O2S. The minimum atomic E-state index is -0.498. The summed E-state index contributed by atoms with van der Waals surface area (Å²) in [4.78, 5) is 20.5. The molecule has 1 amide bonds. The first-order valence-electron chi connectivity index (χ1n) is 8.40. The summed E-state index contributed by atoms with van der Waals surface area (Å²) in [5.41, 5.74) is 0. The molecule has 0 aliphatic heterocycles. The maximum Gasteiger partial charge on any atom is 0.316 e. The van der Waals surface area contributed by atoms with E-state index in [1.165, 1.54) is 23.9 Å². The lowest BCUT2D eigenvalue weighted by Gasteiger charge is -2.28. The van der Waals surface area contributed by atoms with Gasteiger partial charge in [-0.1, -0.05) is 0 Å². The van der Waals surface area contributed by atoms with Crippen molar-refractivity contribution in [3.63, 3.8) is 0 Å². The average Bonchev–Trinajstić information content (AvgIpc) is 2.65. The van der Waals surface area contributed by atoms with Crippen LogP contribution in [0.1, 0.15) is 25.7 Å². The number of carbonyl (C=O) groups excluding carboxylic acids is 1. The van der Waals surface area contributed by atoms with Crippen LogP contribution in [0.4, 0.5) is 8.78 Å². The number of nitrogens with one attached hydrogen (secondary N) is 1. The van der Waals surface area contributed by atoms with Gasteiger partial charge in [0.05, 0.1) is 18.1 Å². The number of hydrogen-bond donors (Lipinski definition) is 1. The molecule has 1 fully saturated rings. The van der Waals surface area contributed by atoms with Crippen LogP contribution in [0.25, 0.3) is 0 Å². The molecule has 0 saturated heterocycles. The Morgan fingerprint density at radius 3 is 2.38 bits per heavy atom. The fraction of sp³-hybridized carbons (Fsp3) is 0.389. The summed E-state index contributed by atoms with van der Waals surface area (Å²) in [5.74, 6) is -0.525. The van der Waals surface area contributed by atoms with Crippen molar-refractivity contribution in [1.29, 1.82) is 0 Å². The molecule has 8 heteroatoms. The van der Waals surface area contributed by atoms with Gasteiger partial charge in [-0.15, -0.1) is 11.8 Å². The topological polar surface area (TPSA) is 64.1 Å². The van der Waals surface area contributed by atoms with Gasteiger partial charge in [-0.25, -0.2) is 18.7 Å². The smallest absolute Gasteiger partial charge is 0.316 e. The Morgan fingerprint density at radius 2 is 1.73 bits per heavy atom. The van der Waals surface area contributed by atoms with Gasteiger partial charge in [-0.3, -0.25) is 4.79 Å². The third kappa shape index (κ3) is 5.66. The van der Waals surface area contributed by atoms with Gasteiger partial charge < -0.3 is 10.1 Å². The lowest BCUT2D eigenvalue weighted by molar-refractivity contribution is -0.119. The molecule has 0 bridgehead atoms. The van der Waals surface area contributed by atoms with Crippen LogP contribution < -0.4 is 10.1 Å². The molecule has 26 heavy (non-hydrogen) atoms. The van der Waals surface area contributed by atoms with Crippen LogP contribution in [-0.4, -0.2) is 33.8 Å². The first-order chi connectivity index (χ1) is 12.6.